The second kappa shape index (κ2) is 6.31. The van der Waals surface area contributed by atoms with Gasteiger partial charge in [-0.2, -0.15) is 4.31 Å². The number of benzene rings is 1. The van der Waals surface area contributed by atoms with E-state index in [-0.39, 0.29) is 23.5 Å². The number of carbonyl (C=O) groups is 1. The number of sulfonamides is 1. The summed E-state index contributed by atoms with van der Waals surface area (Å²) in [7, 11) is -2.92. The Balaban J connectivity index is 2.55. The monoisotopic (exact) mass is 330 g/mol. The molecule has 6 nitrogen and oxygen atoms in total. The van der Waals surface area contributed by atoms with Crippen LogP contribution < -0.4 is 5.32 Å². The van der Waals surface area contributed by atoms with E-state index in [1.165, 1.54) is 16.4 Å². The number of esters is 1. The van der Waals surface area contributed by atoms with Crippen molar-refractivity contribution in [2.75, 3.05) is 20.2 Å². The van der Waals surface area contributed by atoms with E-state index >= 15 is 0 Å². The van der Waals surface area contributed by atoms with Gasteiger partial charge in [0, 0.05) is 25.2 Å². The lowest BCUT2D eigenvalue weighted by molar-refractivity contribution is 0.0590. The highest BCUT2D eigenvalue weighted by Gasteiger charge is 2.37. The van der Waals surface area contributed by atoms with Crippen molar-refractivity contribution < 1.29 is 22.3 Å². The fourth-order valence-corrected chi connectivity index (χ4v) is 4.40. The van der Waals surface area contributed by atoms with Crippen LogP contribution in [0.2, 0.25) is 0 Å². The summed E-state index contributed by atoms with van der Waals surface area (Å²) in [5.74, 6) is -1.92. The van der Waals surface area contributed by atoms with Crippen LogP contribution in [-0.4, -0.2) is 51.0 Å². The third-order valence-electron chi connectivity index (χ3n) is 3.93. The summed E-state index contributed by atoms with van der Waals surface area (Å²) in [4.78, 5) is 11.4. The normalized spacial score (nSPS) is 23.3. The molecule has 22 heavy (non-hydrogen) atoms. The molecule has 1 saturated heterocycles. The molecule has 2 unspecified atom stereocenters. The molecule has 1 N–H and O–H groups in total. The van der Waals surface area contributed by atoms with Gasteiger partial charge in [-0.05, 0) is 26.0 Å². The zero-order valence-electron chi connectivity index (χ0n) is 12.7. The topological polar surface area (TPSA) is 75.7 Å². The third-order valence-corrected chi connectivity index (χ3v) is 5.96. The molecule has 122 valence electrons. The zero-order chi connectivity index (χ0) is 16.5. The fraction of sp³-hybridized carbons (Fsp3) is 0.500. The SMILES string of the molecule is COC(=O)c1c(F)cccc1S(=O)(=O)N1CCNC(C)C1C. The molecular weight excluding hydrogens is 311 g/mol. The molecule has 0 aliphatic carbocycles. The van der Waals surface area contributed by atoms with Crippen LogP contribution in [-0.2, 0) is 14.8 Å². The van der Waals surface area contributed by atoms with Gasteiger partial charge in [-0.25, -0.2) is 17.6 Å². The molecule has 2 atom stereocenters. The van der Waals surface area contributed by atoms with Crippen molar-refractivity contribution in [3.63, 3.8) is 0 Å². The predicted octanol–water partition coefficient (Wildman–Crippen LogP) is 0.983. The lowest BCUT2D eigenvalue weighted by Gasteiger charge is -2.37. The first-order chi connectivity index (χ1) is 10.3. The summed E-state index contributed by atoms with van der Waals surface area (Å²) < 4.78 is 45.5. The highest BCUT2D eigenvalue weighted by Crippen LogP contribution is 2.26. The lowest BCUT2D eigenvalue weighted by atomic mass is 10.1. The Bertz CT molecular complexity index is 677. The van der Waals surface area contributed by atoms with Crippen molar-refractivity contribution in [1.29, 1.82) is 0 Å². The Morgan fingerprint density at radius 3 is 2.73 bits per heavy atom. The number of halogens is 1. The van der Waals surface area contributed by atoms with E-state index in [1.54, 1.807) is 6.92 Å². The van der Waals surface area contributed by atoms with Crippen molar-refractivity contribution in [3.05, 3.63) is 29.6 Å². The van der Waals surface area contributed by atoms with Gasteiger partial charge in [-0.1, -0.05) is 6.07 Å². The number of hydrogen-bond acceptors (Lipinski definition) is 5. The molecule has 1 aromatic carbocycles. The quantitative estimate of drug-likeness (QED) is 0.836. The smallest absolute Gasteiger partial charge is 0.342 e. The van der Waals surface area contributed by atoms with E-state index < -0.39 is 27.4 Å². The van der Waals surface area contributed by atoms with Crippen LogP contribution in [0.3, 0.4) is 0 Å². The first kappa shape index (κ1) is 16.9. The van der Waals surface area contributed by atoms with E-state index in [1.807, 2.05) is 6.92 Å². The molecule has 2 rings (SSSR count). The minimum absolute atomic E-state index is 0.0429. The van der Waals surface area contributed by atoms with Crippen LogP contribution in [0.1, 0.15) is 24.2 Å². The summed E-state index contributed by atoms with van der Waals surface area (Å²) in [6.45, 7) is 4.39. The van der Waals surface area contributed by atoms with Gasteiger partial charge < -0.3 is 10.1 Å². The minimum atomic E-state index is -4.00. The zero-order valence-corrected chi connectivity index (χ0v) is 13.5. The number of ether oxygens (including phenoxy) is 1. The second-order valence-corrected chi connectivity index (χ2v) is 7.06. The van der Waals surface area contributed by atoms with Gasteiger partial charge in [-0.3, -0.25) is 0 Å². The van der Waals surface area contributed by atoms with E-state index in [9.17, 15) is 17.6 Å². The maximum absolute atomic E-state index is 14.0. The summed E-state index contributed by atoms with van der Waals surface area (Å²) in [6.07, 6.45) is 0. The predicted molar refractivity (Wildman–Crippen MR) is 78.6 cm³/mol. The van der Waals surface area contributed by atoms with E-state index in [4.69, 9.17) is 0 Å². The van der Waals surface area contributed by atoms with Crippen molar-refractivity contribution in [1.82, 2.24) is 9.62 Å². The molecule has 1 fully saturated rings. The number of carbonyl (C=O) groups excluding carboxylic acids is 1. The molecule has 1 heterocycles. The molecule has 1 aliphatic rings. The van der Waals surface area contributed by atoms with Gasteiger partial charge >= 0.3 is 5.97 Å². The van der Waals surface area contributed by atoms with Gasteiger partial charge in [0.05, 0.1) is 12.0 Å². The molecule has 0 amide bonds. The van der Waals surface area contributed by atoms with E-state index in [0.717, 1.165) is 13.2 Å². The fourth-order valence-electron chi connectivity index (χ4n) is 2.51. The molecule has 0 bridgehead atoms. The third kappa shape index (κ3) is 2.86. The summed E-state index contributed by atoms with van der Waals surface area (Å²) in [6, 6.07) is 3.18. The van der Waals surface area contributed by atoms with Crippen molar-refractivity contribution in [2.45, 2.75) is 30.8 Å². The first-order valence-electron chi connectivity index (χ1n) is 6.92. The average molecular weight is 330 g/mol. The number of hydrogen-bond donors (Lipinski definition) is 1. The Kier molecular flexibility index (Phi) is 4.84. The van der Waals surface area contributed by atoms with Gasteiger partial charge in [0.2, 0.25) is 10.0 Å². The van der Waals surface area contributed by atoms with Crippen LogP contribution in [0.25, 0.3) is 0 Å². The summed E-state index contributed by atoms with van der Waals surface area (Å²) in [5.41, 5.74) is -0.552. The van der Waals surface area contributed by atoms with Crippen molar-refractivity contribution in [3.8, 4) is 0 Å². The largest absolute Gasteiger partial charge is 0.465 e. The highest BCUT2D eigenvalue weighted by atomic mass is 32.2. The number of nitrogens with one attached hydrogen (secondary N) is 1. The van der Waals surface area contributed by atoms with Gasteiger partial charge in [0.15, 0.2) is 0 Å². The molecule has 0 saturated carbocycles. The molecule has 0 aromatic heterocycles. The maximum Gasteiger partial charge on any atom is 0.342 e. The molecule has 1 aliphatic heterocycles. The van der Waals surface area contributed by atoms with Crippen LogP contribution in [0.15, 0.2) is 23.1 Å². The van der Waals surface area contributed by atoms with Crippen molar-refractivity contribution in [2.24, 2.45) is 0 Å². The Morgan fingerprint density at radius 1 is 1.41 bits per heavy atom. The number of piperazine rings is 1. The Morgan fingerprint density at radius 2 is 2.09 bits per heavy atom. The second-order valence-electron chi connectivity index (χ2n) is 5.20. The first-order valence-corrected chi connectivity index (χ1v) is 8.36. The maximum atomic E-state index is 14.0. The summed E-state index contributed by atoms with van der Waals surface area (Å²) >= 11 is 0. The minimum Gasteiger partial charge on any atom is -0.465 e. The molecular formula is C14H19FN2O4S. The van der Waals surface area contributed by atoms with Gasteiger partial charge in [0.1, 0.15) is 11.4 Å². The highest BCUT2D eigenvalue weighted by molar-refractivity contribution is 7.89. The summed E-state index contributed by atoms with van der Waals surface area (Å²) in [5, 5.41) is 3.17. The Labute approximate surface area is 129 Å². The van der Waals surface area contributed by atoms with Crippen LogP contribution in [0.4, 0.5) is 4.39 Å². The van der Waals surface area contributed by atoms with Crippen molar-refractivity contribution >= 4 is 16.0 Å². The molecule has 8 heteroatoms. The van der Waals surface area contributed by atoms with Crippen LogP contribution in [0, 0.1) is 5.82 Å². The molecule has 0 radical (unpaired) electrons. The van der Waals surface area contributed by atoms with Gasteiger partial charge in [0.25, 0.3) is 0 Å². The number of methoxy groups -OCH3 is 1. The standard InChI is InChI=1S/C14H19FN2O4S/c1-9-10(2)17(8-7-16-9)22(19,20)12-6-4-5-11(15)13(12)14(18)21-3/h4-6,9-10,16H,7-8H2,1-3H3. The van der Waals surface area contributed by atoms with E-state index in [2.05, 4.69) is 10.1 Å². The van der Waals surface area contributed by atoms with Crippen LogP contribution in [0.5, 0.6) is 0 Å². The number of nitrogens with zero attached hydrogens (tertiary/aromatic N) is 1. The number of rotatable bonds is 3. The average Bonchev–Trinajstić information content (AvgIpc) is 2.48. The van der Waals surface area contributed by atoms with E-state index in [0.29, 0.717) is 6.54 Å². The van der Waals surface area contributed by atoms with Gasteiger partial charge in [-0.15, -0.1) is 0 Å². The Hall–Kier alpha value is -1.51. The lowest BCUT2D eigenvalue weighted by Crippen LogP contribution is -2.57. The molecule has 0 spiro atoms. The van der Waals surface area contributed by atoms with Crippen LogP contribution >= 0.6 is 0 Å². The molecule has 1 aromatic rings.